The molecule has 0 spiro atoms. The summed E-state index contributed by atoms with van der Waals surface area (Å²) in [5, 5.41) is 0. The third-order valence-electron chi connectivity index (χ3n) is 6.64. The van der Waals surface area contributed by atoms with Crippen molar-refractivity contribution < 1.29 is 14.3 Å². The fourth-order valence-corrected chi connectivity index (χ4v) is 4.78. The highest BCUT2D eigenvalue weighted by Crippen LogP contribution is 2.30. The van der Waals surface area contributed by atoms with Crippen molar-refractivity contribution in [2.24, 2.45) is 5.92 Å². The molecule has 1 aromatic carbocycles. The van der Waals surface area contributed by atoms with E-state index in [9.17, 15) is 9.59 Å². The Morgan fingerprint density at radius 1 is 1.09 bits per heavy atom. The van der Waals surface area contributed by atoms with Crippen LogP contribution >= 0.6 is 0 Å². The Morgan fingerprint density at radius 3 is 2.69 bits per heavy atom. The molecule has 0 aliphatic carbocycles. The topological polar surface area (TPSA) is 91.4 Å². The van der Waals surface area contributed by atoms with Gasteiger partial charge in [-0.1, -0.05) is 6.07 Å². The number of amides is 2. The van der Waals surface area contributed by atoms with Crippen molar-refractivity contribution in [1.82, 2.24) is 24.8 Å². The Bertz CT molecular complexity index is 1100. The Balaban J connectivity index is 1.17. The fourth-order valence-electron chi connectivity index (χ4n) is 4.78. The number of rotatable bonds is 4. The van der Waals surface area contributed by atoms with E-state index in [1.165, 1.54) is 0 Å². The number of piperidine rings is 1. The van der Waals surface area contributed by atoms with Gasteiger partial charge in [-0.25, -0.2) is 4.98 Å². The van der Waals surface area contributed by atoms with Gasteiger partial charge in [-0.2, -0.15) is 0 Å². The van der Waals surface area contributed by atoms with Gasteiger partial charge in [-0.3, -0.25) is 14.6 Å². The van der Waals surface area contributed by atoms with Crippen molar-refractivity contribution >= 4 is 22.8 Å². The number of fused-ring (bicyclic) bond motifs is 1. The molecule has 166 valence electrons. The summed E-state index contributed by atoms with van der Waals surface area (Å²) in [6.45, 7) is 2.64. The predicted molar refractivity (Wildman–Crippen MR) is 119 cm³/mol. The van der Waals surface area contributed by atoms with E-state index in [0.29, 0.717) is 43.8 Å². The molecule has 1 N–H and O–H groups in total. The Kier molecular flexibility index (Phi) is 5.51. The quantitative estimate of drug-likeness (QED) is 0.683. The predicted octanol–water partition coefficient (Wildman–Crippen LogP) is 2.83. The van der Waals surface area contributed by atoms with Crippen LogP contribution < -0.4 is 4.74 Å². The van der Waals surface area contributed by atoms with Crippen molar-refractivity contribution in [2.45, 2.75) is 25.2 Å². The van der Waals surface area contributed by atoms with Crippen LogP contribution in [0.15, 0.2) is 42.7 Å². The molecule has 0 bridgehead atoms. The third-order valence-corrected chi connectivity index (χ3v) is 6.64. The van der Waals surface area contributed by atoms with E-state index in [2.05, 4.69) is 15.0 Å². The van der Waals surface area contributed by atoms with Crippen LogP contribution in [0.3, 0.4) is 0 Å². The molecule has 2 saturated heterocycles. The molecule has 8 nitrogen and oxygen atoms in total. The Morgan fingerprint density at radius 2 is 1.91 bits per heavy atom. The SMILES string of the molecule is COc1cccc(C(=O)N2CCC(C(=O)N3CCC(c4nc5ccncc5[nH]4)C3)CC2)c1. The number of aromatic amines is 1. The number of hydrogen-bond acceptors (Lipinski definition) is 5. The van der Waals surface area contributed by atoms with Crippen LogP contribution in [0, 0.1) is 5.92 Å². The number of carbonyl (C=O) groups excluding carboxylic acids is 2. The number of nitrogens with zero attached hydrogens (tertiary/aromatic N) is 4. The number of H-pyrrole nitrogens is 1. The van der Waals surface area contributed by atoms with Crippen LogP contribution in [0.5, 0.6) is 5.75 Å². The monoisotopic (exact) mass is 433 g/mol. The third kappa shape index (κ3) is 3.92. The summed E-state index contributed by atoms with van der Waals surface area (Å²) in [4.78, 5) is 42.0. The lowest BCUT2D eigenvalue weighted by molar-refractivity contribution is -0.135. The molecule has 2 aliphatic rings. The average molecular weight is 434 g/mol. The maximum absolute atomic E-state index is 13.1. The van der Waals surface area contributed by atoms with E-state index in [4.69, 9.17) is 4.74 Å². The molecule has 0 saturated carbocycles. The minimum absolute atomic E-state index is 0.00425. The highest BCUT2D eigenvalue weighted by molar-refractivity contribution is 5.94. The van der Waals surface area contributed by atoms with Gasteiger partial charge in [-0.05, 0) is 43.5 Å². The smallest absolute Gasteiger partial charge is 0.253 e. The number of pyridine rings is 1. The molecule has 2 aromatic heterocycles. The lowest BCUT2D eigenvalue weighted by Crippen LogP contribution is -2.43. The number of methoxy groups -OCH3 is 1. The van der Waals surface area contributed by atoms with Gasteiger partial charge in [0.1, 0.15) is 11.6 Å². The van der Waals surface area contributed by atoms with Gasteiger partial charge >= 0.3 is 0 Å². The number of hydrogen-bond donors (Lipinski definition) is 1. The summed E-state index contributed by atoms with van der Waals surface area (Å²) >= 11 is 0. The summed E-state index contributed by atoms with van der Waals surface area (Å²) in [5.74, 6) is 2.01. The van der Waals surface area contributed by atoms with Gasteiger partial charge in [0.25, 0.3) is 5.91 Å². The first-order valence-corrected chi connectivity index (χ1v) is 11.1. The van der Waals surface area contributed by atoms with E-state index >= 15 is 0 Å². The highest BCUT2D eigenvalue weighted by Gasteiger charge is 2.35. The minimum Gasteiger partial charge on any atom is -0.497 e. The second kappa shape index (κ2) is 8.61. The number of carbonyl (C=O) groups is 2. The zero-order valence-corrected chi connectivity index (χ0v) is 18.2. The van der Waals surface area contributed by atoms with Gasteiger partial charge in [0.2, 0.25) is 5.91 Å². The fraction of sp³-hybridized carbons (Fsp3) is 0.417. The molecule has 4 heterocycles. The van der Waals surface area contributed by atoms with Crippen molar-refractivity contribution in [2.75, 3.05) is 33.3 Å². The molecular weight excluding hydrogens is 406 g/mol. The zero-order chi connectivity index (χ0) is 22.1. The molecule has 2 amide bonds. The number of likely N-dealkylation sites (tertiary alicyclic amines) is 2. The van der Waals surface area contributed by atoms with E-state index in [1.807, 2.05) is 28.0 Å². The van der Waals surface area contributed by atoms with Gasteiger partial charge < -0.3 is 19.5 Å². The van der Waals surface area contributed by atoms with Gasteiger partial charge in [0.15, 0.2) is 0 Å². The van der Waals surface area contributed by atoms with E-state index < -0.39 is 0 Å². The van der Waals surface area contributed by atoms with E-state index in [0.717, 1.165) is 29.8 Å². The van der Waals surface area contributed by atoms with Crippen LogP contribution in [-0.4, -0.2) is 69.9 Å². The molecule has 1 atom stereocenters. The van der Waals surface area contributed by atoms with Crippen LogP contribution in [0.2, 0.25) is 0 Å². The number of aromatic nitrogens is 3. The maximum Gasteiger partial charge on any atom is 0.253 e. The van der Waals surface area contributed by atoms with Crippen LogP contribution in [0.25, 0.3) is 11.0 Å². The number of nitrogens with one attached hydrogen (secondary N) is 1. The second-order valence-electron chi connectivity index (χ2n) is 8.58. The maximum atomic E-state index is 13.1. The van der Waals surface area contributed by atoms with Crippen molar-refractivity contribution in [1.29, 1.82) is 0 Å². The summed E-state index contributed by atoms with van der Waals surface area (Å²) in [6, 6.07) is 9.12. The molecule has 3 aromatic rings. The summed E-state index contributed by atoms with van der Waals surface area (Å²) in [5.41, 5.74) is 2.46. The number of benzene rings is 1. The van der Waals surface area contributed by atoms with Crippen LogP contribution in [-0.2, 0) is 4.79 Å². The van der Waals surface area contributed by atoms with Gasteiger partial charge in [-0.15, -0.1) is 0 Å². The van der Waals surface area contributed by atoms with E-state index in [1.54, 1.807) is 31.6 Å². The molecule has 32 heavy (non-hydrogen) atoms. The lowest BCUT2D eigenvalue weighted by atomic mass is 9.95. The lowest BCUT2D eigenvalue weighted by Gasteiger charge is -2.33. The van der Waals surface area contributed by atoms with Crippen molar-refractivity contribution in [3.63, 3.8) is 0 Å². The molecule has 2 fully saturated rings. The highest BCUT2D eigenvalue weighted by atomic mass is 16.5. The summed E-state index contributed by atoms with van der Waals surface area (Å²) in [6.07, 6.45) is 5.83. The number of imidazole rings is 1. The number of ether oxygens (including phenoxy) is 1. The largest absolute Gasteiger partial charge is 0.497 e. The molecule has 1 unspecified atom stereocenters. The summed E-state index contributed by atoms with van der Waals surface area (Å²) < 4.78 is 5.22. The summed E-state index contributed by atoms with van der Waals surface area (Å²) in [7, 11) is 1.59. The Hall–Kier alpha value is -3.42. The first-order valence-electron chi connectivity index (χ1n) is 11.1. The minimum atomic E-state index is -0.0250. The standard InChI is InChI=1S/C24H27N5O3/c1-32-19-4-2-3-17(13-19)24(31)28-10-6-16(7-11-28)23(30)29-12-8-18(15-29)22-26-20-5-9-25-14-21(20)27-22/h2-5,9,13-14,16,18H,6-8,10-12,15H2,1H3,(H,26,27). The van der Waals surface area contributed by atoms with Gasteiger partial charge in [0, 0.05) is 49.8 Å². The molecule has 5 rings (SSSR count). The molecule has 2 aliphatic heterocycles. The first kappa shape index (κ1) is 20.5. The second-order valence-corrected chi connectivity index (χ2v) is 8.58. The molecule has 8 heteroatoms. The van der Waals surface area contributed by atoms with E-state index in [-0.39, 0.29) is 23.7 Å². The van der Waals surface area contributed by atoms with Gasteiger partial charge in [0.05, 0.1) is 24.3 Å². The zero-order valence-electron chi connectivity index (χ0n) is 18.2. The Labute approximate surface area is 186 Å². The molecule has 0 radical (unpaired) electrons. The molecular formula is C24H27N5O3. The van der Waals surface area contributed by atoms with Crippen molar-refractivity contribution in [3.8, 4) is 5.75 Å². The normalized spacial score (nSPS) is 19.5. The first-order chi connectivity index (χ1) is 15.6. The van der Waals surface area contributed by atoms with Crippen molar-refractivity contribution in [3.05, 3.63) is 54.1 Å². The average Bonchev–Trinajstić information content (AvgIpc) is 3.50. The van der Waals surface area contributed by atoms with Crippen LogP contribution in [0.1, 0.15) is 41.4 Å². The van der Waals surface area contributed by atoms with Crippen LogP contribution in [0.4, 0.5) is 0 Å².